The van der Waals surface area contributed by atoms with Gasteiger partial charge in [-0.05, 0) is 26.8 Å². The zero-order valence-corrected chi connectivity index (χ0v) is 12.5. The monoisotopic (exact) mass is 296 g/mol. The Labute approximate surface area is 119 Å². The molecule has 0 unspecified atom stereocenters. The molecule has 2 aromatic rings. The molecule has 0 aromatic carbocycles. The summed E-state index contributed by atoms with van der Waals surface area (Å²) in [6.45, 7) is 4.47. The second kappa shape index (κ2) is 6.23. The zero-order chi connectivity index (χ0) is 13.8. The predicted octanol–water partition coefficient (Wildman–Crippen LogP) is 2.56. The molecule has 2 aromatic heterocycles. The number of thiazole rings is 2. The molecule has 0 saturated heterocycles. The first-order chi connectivity index (χ1) is 9.10. The molecule has 5 nitrogen and oxygen atoms in total. The number of amides is 1. The van der Waals surface area contributed by atoms with Gasteiger partial charge in [-0.2, -0.15) is 0 Å². The largest absolute Gasteiger partial charge is 0.330 e. The maximum absolute atomic E-state index is 11.6. The lowest BCUT2D eigenvalue weighted by Crippen LogP contribution is -2.13. The van der Waals surface area contributed by atoms with Crippen molar-refractivity contribution in [3.05, 3.63) is 16.1 Å². The summed E-state index contributed by atoms with van der Waals surface area (Å²) in [7, 11) is 0. The average Bonchev–Trinajstić information content (AvgIpc) is 2.93. The summed E-state index contributed by atoms with van der Waals surface area (Å²) in [6, 6.07) is 0. The molecule has 102 valence electrons. The first-order valence-electron chi connectivity index (χ1n) is 6.00. The van der Waals surface area contributed by atoms with E-state index in [2.05, 4.69) is 15.3 Å². The number of nitrogens with zero attached hydrogens (tertiary/aromatic N) is 2. The van der Waals surface area contributed by atoms with Crippen molar-refractivity contribution < 1.29 is 4.79 Å². The molecule has 0 saturated carbocycles. The van der Waals surface area contributed by atoms with E-state index in [4.69, 9.17) is 5.73 Å². The fourth-order valence-corrected chi connectivity index (χ4v) is 3.32. The van der Waals surface area contributed by atoms with Gasteiger partial charge in [0.25, 0.3) is 0 Å². The highest BCUT2D eigenvalue weighted by atomic mass is 32.1. The maximum atomic E-state index is 11.6. The fraction of sp³-hybridized carbons (Fsp3) is 0.417. The van der Waals surface area contributed by atoms with Gasteiger partial charge in [0.05, 0.1) is 21.3 Å². The Morgan fingerprint density at radius 3 is 2.84 bits per heavy atom. The van der Waals surface area contributed by atoms with E-state index in [1.807, 2.05) is 19.2 Å². The number of rotatable bonds is 5. The second-order valence-electron chi connectivity index (χ2n) is 4.13. The highest BCUT2D eigenvalue weighted by Crippen LogP contribution is 2.31. The van der Waals surface area contributed by atoms with Crippen molar-refractivity contribution >= 4 is 33.7 Å². The normalized spacial score (nSPS) is 10.7. The van der Waals surface area contributed by atoms with Crippen LogP contribution in [-0.4, -0.2) is 22.4 Å². The summed E-state index contributed by atoms with van der Waals surface area (Å²) in [5.41, 5.74) is 7.23. The molecule has 2 rings (SSSR count). The Morgan fingerprint density at radius 2 is 2.21 bits per heavy atom. The van der Waals surface area contributed by atoms with Crippen LogP contribution in [0, 0.1) is 13.8 Å². The van der Waals surface area contributed by atoms with E-state index < -0.39 is 0 Å². The van der Waals surface area contributed by atoms with Crippen LogP contribution in [0.3, 0.4) is 0 Å². The average molecular weight is 296 g/mol. The lowest BCUT2D eigenvalue weighted by Gasteiger charge is -1.99. The molecule has 1 amide bonds. The molecule has 0 bridgehead atoms. The van der Waals surface area contributed by atoms with Crippen LogP contribution in [-0.2, 0) is 4.79 Å². The Balaban J connectivity index is 2.07. The number of anilines is 1. The maximum Gasteiger partial charge on any atom is 0.226 e. The molecular formula is C12H16N4OS2. The first kappa shape index (κ1) is 14.1. The van der Waals surface area contributed by atoms with Crippen LogP contribution in [0.4, 0.5) is 5.13 Å². The fourth-order valence-electron chi connectivity index (χ4n) is 1.65. The van der Waals surface area contributed by atoms with Gasteiger partial charge in [0.2, 0.25) is 5.91 Å². The van der Waals surface area contributed by atoms with Crippen LogP contribution in [0.25, 0.3) is 10.6 Å². The summed E-state index contributed by atoms with van der Waals surface area (Å²) in [5.74, 6) is -0.0384. The van der Waals surface area contributed by atoms with E-state index in [-0.39, 0.29) is 5.91 Å². The number of aromatic nitrogens is 2. The molecule has 0 spiro atoms. The van der Waals surface area contributed by atoms with Crippen LogP contribution in [0.15, 0.2) is 5.38 Å². The van der Waals surface area contributed by atoms with Crippen LogP contribution < -0.4 is 11.1 Å². The molecule has 0 atom stereocenters. The third-order valence-corrected chi connectivity index (χ3v) is 4.35. The predicted molar refractivity (Wildman–Crippen MR) is 79.6 cm³/mol. The second-order valence-corrected chi connectivity index (χ2v) is 6.19. The molecule has 0 radical (unpaired) electrons. The van der Waals surface area contributed by atoms with Crippen molar-refractivity contribution in [3.8, 4) is 10.6 Å². The van der Waals surface area contributed by atoms with Crippen LogP contribution in [0.1, 0.15) is 23.5 Å². The number of nitrogens with one attached hydrogen (secondary N) is 1. The Kier molecular flexibility index (Phi) is 4.62. The van der Waals surface area contributed by atoms with E-state index >= 15 is 0 Å². The standard InChI is InChI=1S/C12H16N4OS2/c1-7-11(19-8(2)14-7)9-6-18-12(15-9)16-10(17)4-3-5-13/h6H,3-5,13H2,1-2H3,(H,15,16,17). The number of nitrogens with two attached hydrogens (primary N) is 1. The van der Waals surface area contributed by atoms with E-state index in [0.717, 1.165) is 21.3 Å². The number of aryl methyl sites for hydroxylation is 2. The van der Waals surface area contributed by atoms with Gasteiger partial charge in [-0.3, -0.25) is 4.79 Å². The molecule has 3 N–H and O–H groups in total. The Morgan fingerprint density at radius 1 is 1.42 bits per heavy atom. The molecule has 0 aliphatic carbocycles. The van der Waals surface area contributed by atoms with Gasteiger partial charge in [-0.1, -0.05) is 0 Å². The SMILES string of the molecule is Cc1nc(C)c(-c2csc(NC(=O)CCCN)n2)s1. The Hall–Kier alpha value is -1.31. The van der Waals surface area contributed by atoms with Crippen LogP contribution in [0.2, 0.25) is 0 Å². The molecule has 7 heteroatoms. The molecular weight excluding hydrogens is 280 g/mol. The molecule has 2 heterocycles. The molecule has 0 fully saturated rings. The summed E-state index contributed by atoms with van der Waals surface area (Å²) in [5, 5.41) is 6.38. The minimum absolute atomic E-state index is 0.0384. The van der Waals surface area contributed by atoms with E-state index in [1.54, 1.807) is 11.3 Å². The summed E-state index contributed by atoms with van der Waals surface area (Å²) in [6.07, 6.45) is 1.13. The highest BCUT2D eigenvalue weighted by molar-refractivity contribution is 7.16. The van der Waals surface area contributed by atoms with E-state index in [9.17, 15) is 4.79 Å². The minimum Gasteiger partial charge on any atom is -0.330 e. The lowest BCUT2D eigenvalue weighted by molar-refractivity contribution is -0.116. The van der Waals surface area contributed by atoms with Crippen molar-refractivity contribution in [2.75, 3.05) is 11.9 Å². The van der Waals surface area contributed by atoms with Crippen LogP contribution in [0.5, 0.6) is 0 Å². The van der Waals surface area contributed by atoms with Crippen LogP contribution >= 0.6 is 22.7 Å². The third kappa shape index (κ3) is 3.59. The number of carbonyl (C=O) groups is 1. The van der Waals surface area contributed by atoms with Gasteiger partial charge >= 0.3 is 0 Å². The number of hydrogen-bond acceptors (Lipinski definition) is 6. The summed E-state index contributed by atoms with van der Waals surface area (Å²) >= 11 is 3.05. The highest BCUT2D eigenvalue weighted by Gasteiger charge is 2.12. The van der Waals surface area contributed by atoms with Crippen molar-refractivity contribution in [3.63, 3.8) is 0 Å². The van der Waals surface area contributed by atoms with Crippen molar-refractivity contribution in [1.82, 2.24) is 9.97 Å². The first-order valence-corrected chi connectivity index (χ1v) is 7.69. The number of carbonyl (C=O) groups excluding carboxylic acids is 1. The van der Waals surface area contributed by atoms with E-state index in [1.165, 1.54) is 11.3 Å². The zero-order valence-electron chi connectivity index (χ0n) is 10.9. The van der Waals surface area contributed by atoms with E-state index in [0.29, 0.717) is 24.5 Å². The Bertz CT molecular complexity index is 576. The van der Waals surface area contributed by atoms with Gasteiger partial charge in [0.15, 0.2) is 5.13 Å². The van der Waals surface area contributed by atoms with Gasteiger partial charge < -0.3 is 11.1 Å². The molecule has 0 aliphatic rings. The van der Waals surface area contributed by atoms with Gasteiger partial charge in [-0.15, -0.1) is 22.7 Å². The quantitative estimate of drug-likeness (QED) is 0.888. The number of hydrogen-bond donors (Lipinski definition) is 2. The van der Waals surface area contributed by atoms with Crippen molar-refractivity contribution in [1.29, 1.82) is 0 Å². The van der Waals surface area contributed by atoms with Gasteiger partial charge in [-0.25, -0.2) is 9.97 Å². The van der Waals surface area contributed by atoms with Gasteiger partial charge in [0, 0.05) is 11.8 Å². The smallest absolute Gasteiger partial charge is 0.226 e. The third-order valence-electron chi connectivity index (χ3n) is 2.49. The van der Waals surface area contributed by atoms with Crippen molar-refractivity contribution in [2.24, 2.45) is 5.73 Å². The molecule has 19 heavy (non-hydrogen) atoms. The topological polar surface area (TPSA) is 80.9 Å². The minimum atomic E-state index is -0.0384. The van der Waals surface area contributed by atoms with Gasteiger partial charge in [0.1, 0.15) is 0 Å². The van der Waals surface area contributed by atoms with Crippen molar-refractivity contribution in [2.45, 2.75) is 26.7 Å². The summed E-state index contributed by atoms with van der Waals surface area (Å²) < 4.78 is 0. The lowest BCUT2D eigenvalue weighted by atomic mass is 10.3. The molecule has 0 aliphatic heterocycles. The summed E-state index contributed by atoms with van der Waals surface area (Å²) in [4.78, 5) is 21.5.